The fraction of sp³-hybridized carbons (Fsp3) is 0. The maximum atomic E-state index is 11.8. The lowest BCUT2D eigenvalue weighted by molar-refractivity contribution is 0.466. The Bertz CT molecular complexity index is 772. The van der Waals surface area contributed by atoms with E-state index in [4.69, 9.17) is 20.4 Å². The molecular formula is C13H7ClO4. The van der Waals surface area contributed by atoms with Crippen LogP contribution in [0.15, 0.2) is 50.2 Å². The average Bonchev–Trinajstić information content (AvgIpc) is 2.84. The van der Waals surface area contributed by atoms with E-state index >= 15 is 0 Å². The molecule has 0 aliphatic rings. The van der Waals surface area contributed by atoms with E-state index in [0.717, 1.165) is 0 Å². The topological polar surface area (TPSA) is 63.6 Å². The van der Waals surface area contributed by atoms with Gasteiger partial charge in [0.15, 0.2) is 0 Å². The first-order chi connectivity index (χ1) is 8.66. The van der Waals surface area contributed by atoms with Crippen molar-refractivity contribution in [3.63, 3.8) is 0 Å². The summed E-state index contributed by atoms with van der Waals surface area (Å²) in [6.45, 7) is 0. The number of fused-ring (bicyclic) bond motifs is 1. The minimum absolute atomic E-state index is 0.00485. The molecule has 90 valence electrons. The molecule has 5 heteroatoms. The number of halogens is 1. The Morgan fingerprint density at radius 1 is 1.22 bits per heavy atom. The highest BCUT2D eigenvalue weighted by atomic mass is 35.5. The van der Waals surface area contributed by atoms with Gasteiger partial charge in [0.1, 0.15) is 22.7 Å². The molecular weight excluding hydrogens is 256 g/mol. The maximum Gasteiger partial charge on any atom is 0.351 e. The van der Waals surface area contributed by atoms with Crippen LogP contribution in [0.2, 0.25) is 5.02 Å². The van der Waals surface area contributed by atoms with Gasteiger partial charge < -0.3 is 13.9 Å². The van der Waals surface area contributed by atoms with Crippen LogP contribution in [0.1, 0.15) is 0 Å². The maximum absolute atomic E-state index is 11.8. The molecule has 1 aromatic carbocycles. The van der Waals surface area contributed by atoms with Crippen molar-refractivity contribution in [2.75, 3.05) is 0 Å². The van der Waals surface area contributed by atoms with Crippen LogP contribution in [0.5, 0.6) is 5.75 Å². The van der Waals surface area contributed by atoms with Gasteiger partial charge in [0.05, 0.1) is 11.6 Å². The summed E-state index contributed by atoms with van der Waals surface area (Å²) in [5.74, 6) is 0.0572. The Labute approximate surface area is 106 Å². The summed E-state index contributed by atoms with van der Waals surface area (Å²) in [6, 6.07) is 7.84. The van der Waals surface area contributed by atoms with Crippen LogP contribution in [0, 0.1) is 0 Å². The van der Waals surface area contributed by atoms with Crippen molar-refractivity contribution in [2.24, 2.45) is 0 Å². The van der Waals surface area contributed by atoms with Gasteiger partial charge in [-0.3, -0.25) is 0 Å². The molecule has 0 bridgehead atoms. The third-order valence-corrected chi connectivity index (χ3v) is 2.84. The van der Waals surface area contributed by atoms with Gasteiger partial charge >= 0.3 is 5.63 Å². The number of hydrogen-bond donors (Lipinski definition) is 1. The van der Waals surface area contributed by atoms with Crippen molar-refractivity contribution >= 4 is 22.6 Å². The van der Waals surface area contributed by atoms with Crippen molar-refractivity contribution in [1.82, 2.24) is 0 Å². The molecule has 0 spiro atoms. The molecule has 2 aromatic heterocycles. The van der Waals surface area contributed by atoms with E-state index < -0.39 is 5.63 Å². The van der Waals surface area contributed by atoms with E-state index in [-0.39, 0.29) is 22.7 Å². The quantitative estimate of drug-likeness (QED) is 0.683. The van der Waals surface area contributed by atoms with Gasteiger partial charge in [-0.25, -0.2) is 4.79 Å². The molecule has 1 N–H and O–H groups in total. The zero-order valence-electron chi connectivity index (χ0n) is 9.01. The fourth-order valence-electron chi connectivity index (χ4n) is 1.80. The monoisotopic (exact) mass is 262 g/mol. The highest BCUT2D eigenvalue weighted by Crippen LogP contribution is 2.34. The molecule has 0 radical (unpaired) electrons. The standard InChI is InChI=1S/C13H7ClO4/c14-7-3-4-9-8(6-7)12(15)11(13(16)18-9)10-2-1-5-17-10/h1-6,15H. The smallest absolute Gasteiger partial charge is 0.351 e. The van der Waals surface area contributed by atoms with Gasteiger partial charge in [-0.2, -0.15) is 0 Å². The van der Waals surface area contributed by atoms with Gasteiger partial charge in [0.25, 0.3) is 0 Å². The van der Waals surface area contributed by atoms with E-state index in [1.807, 2.05) is 0 Å². The third kappa shape index (κ3) is 1.58. The van der Waals surface area contributed by atoms with E-state index in [2.05, 4.69) is 0 Å². The van der Waals surface area contributed by atoms with Crippen LogP contribution < -0.4 is 5.63 Å². The third-order valence-electron chi connectivity index (χ3n) is 2.61. The molecule has 2 heterocycles. The lowest BCUT2D eigenvalue weighted by atomic mass is 10.1. The molecule has 0 aliphatic heterocycles. The molecule has 0 unspecified atom stereocenters. The summed E-state index contributed by atoms with van der Waals surface area (Å²) in [7, 11) is 0. The van der Waals surface area contributed by atoms with Crippen molar-refractivity contribution in [2.45, 2.75) is 0 Å². The van der Waals surface area contributed by atoms with Crippen LogP contribution in [-0.4, -0.2) is 5.11 Å². The second kappa shape index (κ2) is 3.92. The highest BCUT2D eigenvalue weighted by Gasteiger charge is 2.17. The molecule has 0 fully saturated rings. The minimum Gasteiger partial charge on any atom is -0.506 e. The zero-order valence-corrected chi connectivity index (χ0v) is 9.77. The predicted octanol–water partition coefficient (Wildman–Crippen LogP) is 3.41. The second-order valence-electron chi connectivity index (χ2n) is 3.73. The highest BCUT2D eigenvalue weighted by molar-refractivity contribution is 6.31. The Morgan fingerprint density at radius 2 is 2.06 bits per heavy atom. The number of benzene rings is 1. The zero-order chi connectivity index (χ0) is 12.7. The summed E-state index contributed by atoms with van der Waals surface area (Å²) in [4.78, 5) is 11.8. The minimum atomic E-state index is -0.655. The van der Waals surface area contributed by atoms with Gasteiger partial charge in [0.2, 0.25) is 0 Å². The van der Waals surface area contributed by atoms with Crippen LogP contribution in [-0.2, 0) is 0 Å². The van der Waals surface area contributed by atoms with Gasteiger partial charge in [-0.15, -0.1) is 0 Å². The lowest BCUT2D eigenvalue weighted by Gasteiger charge is -2.04. The largest absolute Gasteiger partial charge is 0.506 e. The first-order valence-electron chi connectivity index (χ1n) is 5.16. The van der Waals surface area contributed by atoms with Crippen LogP contribution in [0.3, 0.4) is 0 Å². The Balaban J connectivity index is 2.43. The number of aromatic hydroxyl groups is 1. The van der Waals surface area contributed by atoms with Crippen LogP contribution in [0.4, 0.5) is 0 Å². The average molecular weight is 263 g/mol. The predicted molar refractivity (Wildman–Crippen MR) is 66.9 cm³/mol. The molecule has 0 saturated carbocycles. The Hall–Kier alpha value is -2.20. The number of furan rings is 1. The van der Waals surface area contributed by atoms with Crippen molar-refractivity contribution in [3.8, 4) is 17.1 Å². The van der Waals surface area contributed by atoms with Gasteiger partial charge in [-0.05, 0) is 30.3 Å². The first kappa shape index (κ1) is 10.9. The lowest BCUT2D eigenvalue weighted by Crippen LogP contribution is -2.02. The summed E-state index contributed by atoms with van der Waals surface area (Å²) in [6.07, 6.45) is 1.41. The van der Waals surface area contributed by atoms with E-state index in [0.29, 0.717) is 10.4 Å². The van der Waals surface area contributed by atoms with Crippen molar-refractivity contribution in [3.05, 3.63) is 52.0 Å². The van der Waals surface area contributed by atoms with Crippen molar-refractivity contribution in [1.29, 1.82) is 0 Å². The summed E-state index contributed by atoms with van der Waals surface area (Å²) in [5, 5.41) is 11.0. The number of hydrogen-bond acceptors (Lipinski definition) is 4. The van der Waals surface area contributed by atoms with E-state index in [1.165, 1.54) is 18.4 Å². The molecule has 4 nitrogen and oxygen atoms in total. The number of rotatable bonds is 1. The summed E-state index contributed by atoms with van der Waals surface area (Å²) < 4.78 is 10.2. The molecule has 3 rings (SSSR count). The first-order valence-corrected chi connectivity index (χ1v) is 5.54. The summed E-state index contributed by atoms with van der Waals surface area (Å²) >= 11 is 5.85. The molecule has 0 atom stereocenters. The van der Waals surface area contributed by atoms with E-state index in [9.17, 15) is 9.90 Å². The van der Waals surface area contributed by atoms with Crippen LogP contribution >= 0.6 is 11.6 Å². The van der Waals surface area contributed by atoms with Gasteiger partial charge in [-0.1, -0.05) is 11.6 Å². The Kier molecular flexibility index (Phi) is 2.38. The van der Waals surface area contributed by atoms with Crippen LogP contribution in [0.25, 0.3) is 22.3 Å². The fourth-order valence-corrected chi connectivity index (χ4v) is 1.97. The normalized spacial score (nSPS) is 10.9. The molecule has 18 heavy (non-hydrogen) atoms. The molecule has 0 aliphatic carbocycles. The van der Waals surface area contributed by atoms with Crippen molar-refractivity contribution < 1.29 is 13.9 Å². The molecule has 0 saturated heterocycles. The molecule has 0 amide bonds. The SMILES string of the molecule is O=c1oc2ccc(Cl)cc2c(O)c1-c1ccco1. The van der Waals surface area contributed by atoms with Gasteiger partial charge in [0, 0.05) is 5.02 Å². The summed E-state index contributed by atoms with van der Waals surface area (Å²) in [5.41, 5.74) is -0.385. The molecule has 3 aromatic rings. The Morgan fingerprint density at radius 3 is 2.78 bits per heavy atom. The van der Waals surface area contributed by atoms with E-state index in [1.54, 1.807) is 18.2 Å². The second-order valence-corrected chi connectivity index (χ2v) is 4.17.